The summed E-state index contributed by atoms with van der Waals surface area (Å²) in [6.07, 6.45) is 3.38. The number of thioether (sulfide) groups is 1. The van der Waals surface area contributed by atoms with Crippen molar-refractivity contribution in [3.63, 3.8) is 0 Å². The predicted molar refractivity (Wildman–Crippen MR) is 117 cm³/mol. The van der Waals surface area contributed by atoms with Crippen molar-refractivity contribution in [2.45, 2.75) is 17.5 Å². The second kappa shape index (κ2) is 7.92. The molecule has 5 aromatic rings. The van der Waals surface area contributed by atoms with E-state index in [2.05, 4.69) is 15.2 Å². The lowest BCUT2D eigenvalue weighted by Crippen LogP contribution is -2.03. The van der Waals surface area contributed by atoms with Crippen LogP contribution >= 0.6 is 23.1 Å². The molecule has 0 saturated carbocycles. The van der Waals surface area contributed by atoms with E-state index < -0.39 is 0 Å². The minimum atomic E-state index is -0.253. The van der Waals surface area contributed by atoms with Gasteiger partial charge in [0, 0.05) is 17.3 Å². The first-order valence-electron chi connectivity index (χ1n) is 9.15. The highest BCUT2D eigenvalue weighted by molar-refractivity contribution is 7.98. The minimum absolute atomic E-state index is 0.253. The van der Waals surface area contributed by atoms with Crippen molar-refractivity contribution in [1.82, 2.24) is 19.7 Å². The molecule has 6 nitrogen and oxygen atoms in total. The van der Waals surface area contributed by atoms with Crippen LogP contribution < -0.4 is 5.73 Å². The number of nitrogen functional groups attached to an aromatic ring is 1. The van der Waals surface area contributed by atoms with Crippen LogP contribution in [0.1, 0.15) is 11.3 Å². The Kier molecular flexibility index (Phi) is 4.97. The molecule has 0 radical (unpaired) electrons. The zero-order chi connectivity index (χ0) is 20.5. The fraction of sp³-hybridized carbons (Fsp3) is 0.0952. The average molecular weight is 438 g/mol. The van der Waals surface area contributed by atoms with E-state index in [1.54, 1.807) is 18.5 Å². The largest absolute Gasteiger partial charge is 0.467 e. The van der Waals surface area contributed by atoms with Crippen molar-refractivity contribution in [2.24, 2.45) is 0 Å². The van der Waals surface area contributed by atoms with Crippen LogP contribution in [0.2, 0.25) is 0 Å². The molecule has 2 N–H and O–H groups in total. The van der Waals surface area contributed by atoms with Gasteiger partial charge in [-0.05, 0) is 42.0 Å². The molecule has 150 valence electrons. The highest BCUT2D eigenvalue weighted by atomic mass is 32.2. The van der Waals surface area contributed by atoms with E-state index in [1.807, 2.05) is 34.9 Å². The lowest BCUT2D eigenvalue weighted by atomic mass is 10.2. The highest BCUT2D eigenvalue weighted by Crippen LogP contribution is 2.40. The van der Waals surface area contributed by atoms with Crippen molar-refractivity contribution in [1.29, 1.82) is 0 Å². The molecule has 0 spiro atoms. The number of halogens is 1. The lowest BCUT2D eigenvalue weighted by Gasteiger charge is -2.08. The summed E-state index contributed by atoms with van der Waals surface area (Å²) in [5.41, 5.74) is 7.93. The van der Waals surface area contributed by atoms with E-state index in [-0.39, 0.29) is 5.82 Å². The summed E-state index contributed by atoms with van der Waals surface area (Å²) in [4.78, 5) is 6.08. The summed E-state index contributed by atoms with van der Waals surface area (Å²) in [6.45, 7) is 0.460. The topological polar surface area (TPSA) is 82.8 Å². The van der Waals surface area contributed by atoms with Crippen LogP contribution in [-0.4, -0.2) is 19.7 Å². The molecule has 0 aliphatic carbocycles. The third-order valence-electron chi connectivity index (χ3n) is 4.58. The van der Waals surface area contributed by atoms with E-state index in [4.69, 9.17) is 10.2 Å². The summed E-state index contributed by atoms with van der Waals surface area (Å²) in [6, 6.07) is 14.1. The number of pyridine rings is 1. The van der Waals surface area contributed by atoms with E-state index in [1.165, 1.54) is 35.2 Å². The van der Waals surface area contributed by atoms with Gasteiger partial charge in [0.15, 0.2) is 11.0 Å². The van der Waals surface area contributed by atoms with Gasteiger partial charge >= 0.3 is 0 Å². The molecule has 0 amide bonds. The van der Waals surface area contributed by atoms with Gasteiger partial charge in [-0.15, -0.1) is 21.5 Å². The van der Waals surface area contributed by atoms with Crippen LogP contribution in [-0.2, 0) is 12.3 Å². The number of anilines is 1. The third-order valence-corrected chi connectivity index (χ3v) is 6.74. The molecule has 30 heavy (non-hydrogen) atoms. The zero-order valence-electron chi connectivity index (χ0n) is 15.7. The molecule has 0 bridgehead atoms. The van der Waals surface area contributed by atoms with Crippen molar-refractivity contribution in [2.75, 3.05) is 5.73 Å². The maximum absolute atomic E-state index is 13.5. The van der Waals surface area contributed by atoms with Gasteiger partial charge in [-0.25, -0.2) is 9.37 Å². The van der Waals surface area contributed by atoms with Crippen LogP contribution in [0.3, 0.4) is 0 Å². The molecule has 5 rings (SSSR count). The molecule has 0 atom stereocenters. The number of benzene rings is 1. The third kappa shape index (κ3) is 3.57. The first-order chi connectivity index (χ1) is 14.7. The molecule has 4 heterocycles. The predicted octanol–water partition coefficient (Wildman–Crippen LogP) is 5.21. The fourth-order valence-corrected chi connectivity index (χ4v) is 5.09. The Morgan fingerprint density at radius 3 is 2.87 bits per heavy atom. The lowest BCUT2D eigenvalue weighted by molar-refractivity contribution is 0.485. The summed E-state index contributed by atoms with van der Waals surface area (Å²) < 4.78 is 21.0. The first-order valence-corrected chi connectivity index (χ1v) is 11.0. The number of aromatic nitrogens is 4. The summed E-state index contributed by atoms with van der Waals surface area (Å²) in [5, 5.41) is 10.4. The smallest absolute Gasteiger partial charge is 0.192 e. The van der Waals surface area contributed by atoms with Gasteiger partial charge < -0.3 is 10.2 Å². The first kappa shape index (κ1) is 18.8. The summed E-state index contributed by atoms with van der Waals surface area (Å²) in [5.74, 6) is 1.75. The Morgan fingerprint density at radius 1 is 1.13 bits per heavy atom. The summed E-state index contributed by atoms with van der Waals surface area (Å²) >= 11 is 2.97. The molecule has 0 fully saturated rings. The second-order valence-electron chi connectivity index (χ2n) is 6.59. The van der Waals surface area contributed by atoms with Crippen LogP contribution in [0.5, 0.6) is 0 Å². The number of furan rings is 1. The van der Waals surface area contributed by atoms with Gasteiger partial charge in [0.05, 0.1) is 23.4 Å². The molecule has 9 heteroatoms. The molecule has 0 aliphatic rings. The van der Waals surface area contributed by atoms with E-state index in [9.17, 15) is 4.39 Å². The van der Waals surface area contributed by atoms with Gasteiger partial charge in [0.1, 0.15) is 16.4 Å². The Morgan fingerprint density at radius 2 is 2.07 bits per heavy atom. The van der Waals surface area contributed by atoms with Gasteiger partial charge in [-0.3, -0.25) is 4.57 Å². The fourth-order valence-electron chi connectivity index (χ4n) is 3.16. The number of rotatable bonds is 6. The Balaban J connectivity index is 1.54. The number of fused-ring (bicyclic) bond motifs is 1. The molecule has 0 saturated heterocycles. The van der Waals surface area contributed by atoms with Crippen LogP contribution in [0.15, 0.2) is 70.6 Å². The number of hydrogen-bond donors (Lipinski definition) is 1. The van der Waals surface area contributed by atoms with E-state index >= 15 is 0 Å². The van der Waals surface area contributed by atoms with Crippen LogP contribution in [0.25, 0.3) is 20.9 Å². The zero-order valence-corrected chi connectivity index (χ0v) is 17.3. The van der Waals surface area contributed by atoms with Crippen LogP contribution in [0, 0.1) is 5.82 Å². The Bertz CT molecular complexity index is 1310. The normalized spacial score (nSPS) is 11.4. The average Bonchev–Trinajstić information content (AvgIpc) is 3.47. The maximum Gasteiger partial charge on any atom is 0.192 e. The second-order valence-corrected chi connectivity index (χ2v) is 8.53. The van der Waals surface area contributed by atoms with Crippen molar-refractivity contribution in [3.8, 4) is 10.7 Å². The number of nitrogens with zero attached hydrogens (tertiary/aromatic N) is 4. The van der Waals surface area contributed by atoms with Gasteiger partial charge in [-0.1, -0.05) is 23.9 Å². The standard InChI is InChI=1S/C21H16FN5OS2/c22-14-5-1-4-13(10-14)12-29-21-26-25-19(27(21)11-15-6-3-9-28-15)18-17(23)16-7-2-8-24-20(16)30-18/h1-10H,11-12,23H2. The van der Waals surface area contributed by atoms with Crippen LogP contribution in [0.4, 0.5) is 10.1 Å². The number of nitrogens with two attached hydrogens (primary N) is 1. The maximum atomic E-state index is 13.5. The minimum Gasteiger partial charge on any atom is -0.467 e. The van der Waals surface area contributed by atoms with E-state index in [0.29, 0.717) is 29.0 Å². The van der Waals surface area contributed by atoms with Crippen molar-refractivity contribution in [3.05, 3.63) is 78.1 Å². The molecule has 0 unspecified atom stereocenters. The highest BCUT2D eigenvalue weighted by Gasteiger charge is 2.21. The molecular weight excluding hydrogens is 421 g/mol. The summed E-state index contributed by atoms with van der Waals surface area (Å²) in [7, 11) is 0. The Labute approximate surface area is 179 Å². The van der Waals surface area contributed by atoms with E-state index in [0.717, 1.165) is 26.4 Å². The SMILES string of the molecule is Nc1c(-c2nnc(SCc3cccc(F)c3)n2Cc2ccco2)sc2ncccc12. The monoisotopic (exact) mass is 437 g/mol. The van der Waals surface area contributed by atoms with Gasteiger partial charge in [0.2, 0.25) is 0 Å². The van der Waals surface area contributed by atoms with Crippen molar-refractivity contribution < 1.29 is 8.81 Å². The van der Waals surface area contributed by atoms with Gasteiger partial charge in [0.25, 0.3) is 0 Å². The number of hydrogen-bond acceptors (Lipinski definition) is 7. The molecule has 1 aromatic carbocycles. The number of thiophene rings is 1. The molecular formula is C21H16FN5OS2. The molecule has 0 aliphatic heterocycles. The Hall–Kier alpha value is -3.17. The molecule has 4 aromatic heterocycles. The quantitative estimate of drug-likeness (QED) is 0.367. The van der Waals surface area contributed by atoms with Gasteiger partial charge in [-0.2, -0.15) is 0 Å². The van der Waals surface area contributed by atoms with Crippen molar-refractivity contribution >= 4 is 39.0 Å².